The Kier molecular flexibility index (Phi) is 7.83. The zero-order chi connectivity index (χ0) is 22.5. The third-order valence-corrected chi connectivity index (χ3v) is 5.94. The maximum atomic E-state index is 12.6. The van der Waals surface area contributed by atoms with Gasteiger partial charge in [-0.2, -0.15) is 8.78 Å². The monoisotopic (exact) mass is 437 g/mol. The third-order valence-electron chi connectivity index (χ3n) is 5.94. The van der Waals surface area contributed by atoms with Crippen LogP contribution in [0.1, 0.15) is 39.2 Å². The highest BCUT2D eigenvalue weighted by atomic mass is 19.3. The van der Waals surface area contributed by atoms with E-state index in [1.165, 1.54) is 12.3 Å². The molecule has 0 amide bonds. The predicted molar refractivity (Wildman–Crippen MR) is 118 cm³/mol. The van der Waals surface area contributed by atoms with Gasteiger partial charge in [0, 0.05) is 54.3 Å². The molecule has 172 valence electrons. The van der Waals surface area contributed by atoms with Gasteiger partial charge in [0.05, 0.1) is 13.2 Å². The lowest BCUT2D eigenvalue weighted by molar-refractivity contribution is -0.0495. The molecular formula is C22H33F2N5O2. The second kappa shape index (κ2) is 10.4. The van der Waals surface area contributed by atoms with E-state index in [0.717, 1.165) is 44.9 Å². The van der Waals surface area contributed by atoms with Crippen molar-refractivity contribution < 1.29 is 18.3 Å². The van der Waals surface area contributed by atoms with Gasteiger partial charge in [0.2, 0.25) is 0 Å². The van der Waals surface area contributed by atoms with Crippen molar-refractivity contribution >= 4 is 17.2 Å². The van der Waals surface area contributed by atoms with Crippen LogP contribution in [0.3, 0.4) is 0 Å². The number of aromatic nitrogens is 1. The van der Waals surface area contributed by atoms with E-state index >= 15 is 0 Å². The molecule has 9 heteroatoms. The molecule has 4 N–H and O–H groups in total. The lowest BCUT2D eigenvalue weighted by Gasteiger charge is -2.32. The number of halogens is 2. The van der Waals surface area contributed by atoms with Crippen molar-refractivity contribution in [2.45, 2.75) is 52.3 Å². The fourth-order valence-electron chi connectivity index (χ4n) is 4.45. The molecule has 1 aliphatic heterocycles. The van der Waals surface area contributed by atoms with Gasteiger partial charge in [-0.1, -0.05) is 6.92 Å². The number of anilines is 1. The molecule has 0 bridgehead atoms. The molecule has 0 radical (unpaired) electrons. The molecule has 1 aliphatic carbocycles. The largest absolute Gasteiger partial charge is 0.431 e. The Bertz CT molecular complexity index is 809. The molecule has 1 aromatic rings. The van der Waals surface area contributed by atoms with Crippen LogP contribution in [0.2, 0.25) is 0 Å². The second-order valence-electron chi connectivity index (χ2n) is 8.59. The Labute approximate surface area is 182 Å². The summed E-state index contributed by atoms with van der Waals surface area (Å²) in [5.41, 5.74) is 13.8. The highest BCUT2D eigenvalue weighted by Gasteiger charge is 2.37. The highest BCUT2D eigenvalue weighted by molar-refractivity contribution is 6.02. The second-order valence-corrected chi connectivity index (χ2v) is 8.59. The number of ether oxygens (including phenoxy) is 2. The minimum absolute atomic E-state index is 0.106. The van der Waals surface area contributed by atoms with Crippen LogP contribution in [0.4, 0.5) is 14.6 Å². The van der Waals surface area contributed by atoms with Gasteiger partial charge in [0.15, 0.2) is 11.6 Å². The number of pyridine rings is 1. The molecule has 0 unspecified atom stereocenters. The van der Waals surface area contributed by atoms with Crippen molar-refractivity contribution in [3.8, 4) is 5.75 Å². The Morgan fingerprint density at radius 2 is 2.03 bits per heavy atom. The summed E-state index contributed by atoms with van der Waals surface area (Å²) >= 11 is 0. The molecule has 1 saturated heterocycles. The van der Waals surface area contributed by atoms with Crippen LogP contribution in [0.5, 0.6) is 5.75 Å². The van der Waals surface area contributed by atoms with Crippen LogP contribution in [0.25, 0.3) is 5.70 Å². The fourth-order valence-corrected chi connectivity index (χ4v) is 4.45. The molecule has 2 aliphatic rings. The molecule has 1 saturated carbocycles. The minimum atomic E-state index is -2.99. The van der Waals surface area contributed by atoms with E-state index in [9.17, 15) is 8.78 Å². The van der Waals surface area contributed by atoms with Crippen molar-refractivity contribution in [2.24, 2.45) is 22.6 Å². The number of aliphatic imine (C=N–C) groups is 1. The van der Waals surface area contributed by atoms with E-state index in [4.69, 9.17) is 21.2 Å². The summed E-state index contributed by atoms with van der Waals surface area (Å²) < 4.78 is 35.2. The number of nitrogens with two attached hydrogens (primary N) is 2. The Morgan fingerprint density at radius 1 is 1.32 bits per heavy atom. The first-order chi connectivity index (χ1) is 14.7. The Hall–Kier alpha value is -2.26. The number of rotatable bonds is 7. The first-order valence-corrected chi connectivity index (χ1v) is 10.8. The van der Waals surface area contributed by atoms with E-state index in [-0.39, 0.29) is 23.5 Å². The standard InChI is InChI=1S/C22H33F2N5O2/c1-13(2)28-19(17-10-16(8-14(17)3)29-4-6-30-7-5-29)11-18(25)15-9-20(31-22(23)24)21(26)27-12-15/h9,11-14,16-17,22H,4-8,10,25H2,1-3H3,(H2,26,27)/t14-,16-,17+/m0/s1. The zero-order valence-corrected chi connectivity index (χ0v) is 18.4. The third kappa shape index (κ3) is 6.13. The van der Waals surface area contributed by atoms with Crippen LogP contribution in [-0.4, -0.2) is 60.6 Å². The van der Waals surface area contributed by atoms with E-state index in [1.54, 1.807) is 0 Å². The SMILES string of the molecule is CC(C)N=C(C=C(N)c1cnc(N)c(OC(F)F)c1)[C@@H]1C[C@@H](N2CCOCC2)C[C@@H]1C. The lowest BCUT2D eigenvalue weighted by Crippen LogP contribution is -2.42. The normalized spacial score (nSPS) is 26.1. The Balaban J connectivity index is 1.83. The number of alkyl halides is 2. The molecule has 3 rings (SSSR count). The van der Waals surface area contributed by atoms with Gasteiger partial charge in [0.25, 0.3) is 0 Å². The van der Waals surface area contributed by atoms with Crippen LogP contribution < -0.4 is 16.2 Å². The maximum Gasteiger partial charge on any atom is 0.387 e. The number of nitrogens with zero attached hydrogens (tertiary/aromatic N) is 3. The molecular weight excluding hydrogens is 404 g/mol. The van der Waals surface area contributed by atoms with Crippen LogP contribution in [0, 0.1) is 11.8 Å². The molecule has 2 heterocycles. The number of hydrogen-bond donors (Lipinski definition) is 2. The zero-order valence-electron chi connectivity index (χ0n) is 18.4. The van der Waals surface area contributed by atoms with Crippen molar-refractivity contribution in [1.29, 1.82) is 0 Å². The van der Waals surface area contributed by atoms with Gasteiger partial charge in [-0.3, -0.25) is 9.89 Å². The van der Waals surface area contributed by atoms with Crippen LogP contribution in [0.15, 0.2) is 23.3 Å². The first-order valence-electron chi connectivity index (χ1n) is 10.8. The van der Waals surface area contributed by atoms with Gasteiger partial charge in [-0.15, -0.1) is 0 Å². The molecule has 3 atom stereocenters. The Morgan fingerprint density at radius 3 is 2.68 bits per heavy atom. The lowest BCUT2D eigenvalue weighted by atomic mass is 9.91. The molecule has 1 aromatic heterocycles. The molecule has 0 aromatic carbocycles. The smallest absolute Gasteiger partial charge is 0.387 e. The quantitative estimate of drug-likeness (QED) is 0.636. The summed E-state index contributed by atoms with van der Waals surface area (Å²) in [5, 5.41) is 0. The van der Waals surface area contributed by atoms with Gasteiger partial charge in [-0.25, -0.2) is 4.98 Å². The van der Waals surface area contributed by atoms with Crippen molar-refractivity contribution in [1.82, 2.24) is 9.88 Å². The topological polar surface area (TPSA) is 99.0 Å². The van der Waals surface area contributed by atoms with E-state index in [0.29, 0.717) is 23.2 Å². The number of morpholine rings is 1. The summed E-state index contributed by atoms with van der Waals surface area (Å²) in [5.74, 6) is 0.433. The van der Waals surface area contributed by atoms with Gasteiger partial charge in [0.1, 0.15) is 0 Å². The van der Waals surface area contributed by atoms with Crippen LogP contribution in [-0.2, 0) is 4.74 Å². The number of nitrogen functional groups attached to an aromatic ring is 1. The van der Waals surface area contributed by atoms with E-state index in [1.807, 2.05) is 19.9 Å². The molecule has 7 nitrogen and oxygen atoms in total. The van der Waals surface area contributed by atoms with E-state index in [2.05, 4.69) is 21.5 Å². The molecule has 2 fully saturated rings. The maximum absolute atomic E-state index is 12.6. The van der Waals surface area contributed by atoms with Gasteiger partial charge < -0.3 is 20.9 Å². The summed E-state index contributed by atoms with van der Waals surface area (Å²) in [4.78, 5) is 11.3. The van der Waals surface area contributed by atoms with Crippen LogP contribution >= 0.6 is 0 Å². The predicted octanol–water partition coefficient (Wildman–Crippen LogP) is 3.16. The average Bonchev–Trinajstić information content (AvgIpc) is 3.10. The molecule has 0 spiro atoms. The van der Waals surface area contributed by atoms with Crippen molar-refractivity contribution in [2.75, 3.05) is 32.0 Å². The van der Waals surface area contributed by atoms with Crippen molar-refractivity contribution in [3.05, 3.63) is 23.9 Å². The minimum Gasteiger partial charge on any atom is -0.431 e. The summed E-state index contributed by atoms with van der Waals surface area (Å²) in [7, 11) is 0. The average molecular weight is 438 g/mol. The van der Waals surface area contributed by atoms with Crippen molar-refractivity contribution in [3.63, 3.8) is 0 Å². The van der Waals surface area contributed by atoms with Gasteiger partial charge >= 0.3 is 6.61 Å². The number of allylic oxidation sites excluding steroid dienone is 1. The van der Waals surface area contributed by atoms with Gasteiger partial charge in [-0.05, 0) is 44.7 Å². The fraction of sp³-hybridized carbons (Fsp3) is 0.636. The summed E-state index contributed by atoms with van der Waals surface area (Å²) in [6.07, 6.45) is 5.42. The number of hydrogen-bond acceptors (Lipinski definition) is 7. The summed E-state index contributed by atoms with van der Waals surface area (Å²) in [6, 6.07) is 2.00. The first kappa shape index (κ1) is 23.4. The highest BCUT2D eigenvalue weighted by Crippen LogP contribution is 2.37. The van der Waals surface area contributed by atoms with E-state index < -0.39 is 6.61 Å². The summed E-state index contributed by atoms with van der Waals surface area (Å²) in [6.45, 7) is 6.81. The molecule has 31 heavy (non-hydrogen) atoms.